The van der Waals surface area contributed by atoms with E-state index >= 15 is 0 Å². The minimum absolute atomic E-state index is 0.472. The lowest BCUT2D eigenvalue weighted by Crippen LogP contribution is -1.94. The lowest BCUT2D eigenvalue weighted by Gasteiger charge is -1.93. The molecule has 0 aliphatic carbocycles. The molecule has 0 bridgehead atoms. The minimum atomic E-state index is 0.472. The summed E-state index contributed by atoms with van der Waals surface area (Å²) in [6.45, 7) is 0.472. The van der Waals surface area contributed by atoms with E-state index in [9.17, 15) is 0 Å². The summed E-state index contributed by atoms with van der Waals surface area (Å²) in [7, 11) is 0. The number of terminal acetylenes is 1. The van der Waals surface area contributed by atoms with E-state index in [1.165, 1.54) is 0 Å². The van der Waals surface area contributed by atoms with Crippen LogP contribution in [0.5, 0.6) is 0 Å². The third-order valence-corrected chi connectivity index (χ3v) is 1.75. The molecule has 0 saturated heterocycles. The average molecular weight is 184 g/mol. The molecule has 0 aromatic carbocycles. The van der Waals surface area contributed by atoms with Crippen molar-refractivity contribution in [2.45, 2.75) is 6.54 Å². The van der Waals surface area contributed by atoms with Gasteiger partial charge in [-0.15, -0.1) is 6.42 Å². The van der Waals surface area contributed by atoms with E-state index in [4.69, 9.17) is 6.42 Å². The fourth-order valence-electron chi connectivity index (χ4n) is 1.12. The summed E-state index contributed by atoms with van der Waals surface area (Å²) < 4.78 is 1.68. The van der Waals surface area contributed by atoms with Crippen LogP contribution in [0.15, 0.2) is 31.0 Å². The summed E-state index contributed by atoms with van der Waals surface area (Å²) in [6.07, 6.45) is 13.7. The van der Waals surface area contributed by atoms with Gasteiger partial charge in [0.05, 0.1) is 18.1 Å². The predicted molar refractivity (Wildman–Crippen MR) is 52.1 cm³/mol. The molecule has 0 aliphatic heterocycles. The van der Waals surface area contributed by atoms with Crippen LogP contribution in [0.1, 0.15) is 0 Å². The Bertz CT molecular complexity index is 452. The number of aromatic nitrogens is 4. The summed E-state index contributed by atoms with van der Waals surface area (Å²) in [5.41, 5.74) is 1.73. The van der Waals surface area contributed by atoms with E-state index < -0.39 is 0 Å². The van der Waals surface area contributed by atoms with Crippen LogP contribution in [-0.4, -0.2) is 19.7 Å². The molecule has 0 unspecified atom stereocenters. The molecule has 68 valence electrons. The first kappa shape index (κ1) is 8.45. The zero-order chi connectivity index (χ0) is 9.80. The lowest BCUT2D eigenvalue weighted by atomic mass is 10.3. The van der Waals surface area contributed by atoms with Crippen LogP contribution in [0.3, 0.4) is 0 Å². The first-order chi connectivity index (χ1) is 6.90. The molecule has 4 nitrogen and oxygen atoms in total. The van der Waals surface area contributed by atoms with E-state index in [-0.39, 0.29) is 0 Å². The van der Waals surface area contributed by atoms with Crippen LogP contribution in [0.25, 0.3) is 11.3 Å². The second-order valence-electron chi connectivity index (χ2n) is 2.72. The van der Waals surface area contributed by atoms with Crippen molar-refractivity contribution in [1.82, 2.24) is 19.7 Å². The Morgan fingerprint density at radius 1 is 1.36 bits per heavy atom. The second-order valence-corrected chi connectivity index (χ2v) is 2.72. The van der Waals surface area contributed by atoms with E-state index in [0.29, 0.717) is 6.54 Å². The number of nitrogens with zero attached hydrogens (tertiary/aromatic N) is 4. The van der Waals surface area contributed by atoms with Gasteiger partial charge in [-0.1, -0.05) is 5.92 Å². The quantitative estimate of drug-likeness (QED) is 0.653. The monoisotopic (exact) mass is 184 g/mol. The molecule has 0 radical (unpaired) electrons. The first-order valence-corrected chi connectivity index (χ1v) is 4.12. The summed E-state index contributed by atoms with van der Waals surface area (Å²) in [4.78, 5) is 8.13. The molecule has 0 amide bonds. The van der Waals surface area contributed by atoms with Gasteiger partial charge >= 0.3 is 0 Å². The van der Waals surface area contributed by atoms with Gasteiger partial charge in [-0.2, -0.15) is 5.10 Å². The van der Waals surface area contributed by atoms with Crippen molar-refractivity contribution in [2.75, 3.05) is 0 Å². The average Bonchev–Trinajstić information content (AvgIpc) is 2.68. The van der Waals surface area contributed by atoms with Crippen molar-refractivity contribution in [3.05, 3.63) is 31.0 Å². The van der Waals surface area contributed by atoms with Gasteiger partial charge in [0.25, 0.3) is 0 Å². The second kappa shape index (κ2) is 3.71. The van der Waals surface area contributed by atoms with Crippen LogP contribution >= 0.6 is 0 Å². The van der Waals surface area contributed by atoms with Crippen LogP contribution in [0.2, 0.25) is 0 Å². The Morgan fingerprint density at radius 2 is 2.29 bits per heavy atom. The molecule has 2 aromatic heterocycles. The molecule has 4 heteroatoms. The van der Waals surface area contributed by atoms with E-state index in [2.05, 4.69) is 21.0 Å². The van der Waals surface area contributed by atoms with Gasteiger partial charge < -0.3 is 0 Å². The number of hydrogen-bond donors (Lipinski definition) is 0. The molecule has 2 aromatic rings. The zero-order valence-electron chi connectivity index (χ0n) is 7.46. The van der Waals surface area contributed by atoms with Gasteiger partial charge in [-0.25, -0.2) is 0 Å². The fraction of sp³-hybridized carbons (Fsp3) is 0.100. The van der Waals surface area contributed by atoms with Gasteiger partial charge in [0.2, 0.25) is 0 Å². The maximum Gasteiger partial charge on any atom is 0.101 e. The van der Waals surface area contributed by atoms with Crippen molar-refractivity contribution in [3.8, 4) is 23.6 Å². The summed E-state index contributed by atoms with van der Waals surface area (Å²) >= 11 is 0. The molecule has 0 atom stereocenters. The van der Waals surface area contributed by atoms with E-state index in [1.807, 2.05) is 6.20 Å². The molecular formula is C10H8N4. The van der Waals surface area contributed by atoms with E-state index in [0.717, 1.165) is 11.3 Å². The van der Waals surface area contributed by atoms with E-state index in [1.54, 1.807) is 29.5 Å². The summed E-state index contributed by atoms with van der Waals surface area (Å²) in [5.74, 6) is 2.51. The summed E-state index contributed by atoms with van der Waals surface area (Å²) in [5, 5.41) is 4.09. The molecule has 14 heavy (non-hydrogen) atoms. The van der Waals surface area contributed by atoms with Crippen molar-refractivity contribution in [2.24, 2.45) is 0 Å². The van der Waals surface area contributed by atoms with Gasteiger partial charge in [0.1, 0.15) is 6.54 Å². The largest absolute Gasteiger partial charge is 0.261 e. The Kier molecular flexibility index (Phi) is 2.24. The van der Waals surface area contributed by atoms with Crippen LogP contribution in [0.4, 0.5) is 0 Å². The fourth-order valence-corrected chi connectivity index (χ4v) is 1.12. The molecule has 0 N–H and O–H groups in total. The molecule has 0 spiro atoms. The van der Waals surface area contributed by atoms with Crippen molar-refractivity contribution in [1.29, 1.82) is 0 Å². The standard InChI is InChI=1S/C10H8N4/c1-2-5-14-8-9(6-13-14)10-7-11-3-4-12-10/h1,3-4,6-8H,5H2. The Labute approximate surface area is 81.6 Å². The van der Waals surface area contributed by atoms with Crippen LogP contribution in [0, 0.1) is 12.3 Å². The predicted octanol–water partition coefficient (Wildman–Crippen LogP) is 0.973. The van der Waals surface area contributed by atoms with Crippen LogP contribution in [-0.2, 0) is 6.54 Å². The molecule has 0 fully saturated rings. The van der Waals surface area contributed by atoms with Crippen molar-refractivity contribution >= 4 is 0 Å². The Hall–Kier alpha value is -2.15. The molecule has 0 saturated carbocycles. The molecule has 0 aliphatic rings. The minimum Gasteiger partial charge on any atom is -0.261 e. The smallest absolute Gasteiger partial charge is 0.101 e. The maximum absolute atomic E-state index is 5.17. The van der Waals surface area contributed by atoms with Gasteiger partial charge in [-0.05, 0) is 0 Å². The highest BCUT2D eigenvalue weighted by Crippen LogP contribution is 2.13. The van der Waals surface area contributed by atoms with Gasteiger partial charge in [0, 0.05) is 24.2 Å². The SMILES string of the molecule is C#CCn1cc(-c2cnccn2)cn1. The summed E-state index contributed by atoms with van der Waals surface area (Å²) in [6, 6.07) is 0. The van der Waals surface area contributed by atoms with Crippen molar-refractivity contribution in [3.63, 3.8) is 0 Å². The highest BCUT2D eigenvalue weighted by Gasteiger charge is 2.01. The molecular weight excluding hydrogens is 176 g/mol. The Morgan fingerprint density at radius 3 is 3.00 bits per heavy atom. The van der Waals surface area contributed by atoms with Crippen LogP contribution < -0.4 is 0 Å². The topological polar surface area (TPSA) is 43.6 Å². The van der Waals surface area contributed by atoms with Gasteiger partial charge in [0.15, 0.2) is 0 Å². The molecule has 2 heterocycles. The Balaban J connectivity index is 2.31. The number of hydrogen-bond acceptors (Lipinski definition) is 3. The molecule has 2 rings (SSSR count). The van der Waals surface area contributed by atoms with Gasteiger partial charge in [-0.3, -0.25) is 14.6 Å². The normalized spacial score (nSPS) is 9.64. The first-order valence-electron chi connectivity index (χ1n) is 4.12. The third-order valence-electron chi connectivity index (χ3n) is 1.75. The maximum atomic E-state index is 5.17. The lowest BCUT2D eigenvalue weighted by molar-refractivity contribution is 0.716. The number of rotatable bonds is 2. The van der Waals surface area contributed by atoms with Crippen molar-refractivity contribution < 1.29 is 0 Å². The third kappa shape index (κ3) is 1.62. The zero-order valence-corrected chi connectivity index (χ0v) is 7.46. The highest BCUT2D eigenvalue weighted by molar-refractivity contribution is 5.55. The highest BCUT2D eigenvalue weighted by atomic mass is 15.3.